The summed E-state index contributed by atoms with van der Waals surface area (Å²) in [6, 6.07) is 11.4. The second-order valence-corrected chi connectivity index (χ2v) is 12.4. The van der Waals surface area contributed by atoms with Crippen molar-refractivity contribution >= 4 is 23.8 Å². The van der Waals surface area contributed by atoms with Gasteiger partial charge in [0.1, 0.15) is 23.4 Å². The Morgan fingerprint density at radius 2 is 1.60 bits per heavy atom. The predicted octanol–water partition coefficient (Wildman–Crippen LogP) is 4.87. The van der Waals surface area contributed by atoms with E-state index < -0.39 is 47.5 Å². The van der Waals surface area contributed by atoms with Gasteiger partial charge in [0.15, 0.2) is 0 Å². The van der Waals surface area contributed by atoms with E-state index in [1.807, 2.05) is 37.3 Å². The number of amides is 4. The molecular weight excluding hydrogens is 548 g/mol. The quantitative estimate of drug-likeness (QED) is 0.244. The van der Waals surface area contributed by atoms with Crippen LogP contribution in [0.2, 0.25) is 0 Å². The second-order valence-electron chi connectivity index (χ2n) is 12.4. The van der Waals surface area contributed by atoms with Crippen LogP contribution in [-0.2, 0) is 25.7 Å². The highest BCUT2D eigenvalue weighted by molar-refractivity contribution is 5.93. The first kappa shape index (κ1) is 35.1. The van der Waals surface area contributed by atoms with Crippen LogP contribution in [0.4, 0.5) is 4.79 Å². The van der Waals surface area contributed by atoms with Gasteiger partial charge in [-0.3, -0.25) is 14.4 Å². The van der Waals surface area contributed by atoms with E-state index in [-0.39, 0.29) is 30.7 Å². The summed E-state index contributed by atoms with van der Waals surface area (Å²) < 4.78 is 5.40. The van der Waals surface area contributed by atoms with E-state index in [1.54, 1.807) is 45.9 Å². The van der Waals surface area contributed by atoms with Gasteiger partial charge in [0.2, 0.25) is 17.7 Å². The van der Waals surface area contributed by atoms with Crippen LogP contribution in [0.5, 0.6) is 5.75 Å². The maximum atomic E-state index is 14.5. The molecule has 236 valence electrons. The molecule has 0 spiro atoms. The minimum Gasteiger partial charge on any atom is -0.507 e. The van der Waals surface area contributed by atoms with Gasteiger partial charge in [0, 0.05) is 24.6 Å². The molecule has 3 atom stereocenters. The first-order chi connectivity index (χ1) is 20.1. The third-order valence-corrected chi connectivity index (χ3v) is 6.96. The van der Waals surface area contributed by atoms with E-state index in [2.05, 4.69) is 24.5 Å². The van der Waals surface area contributed by atoms with Gasteiger partial charge < -0.3 is 31.1 Å². The Labute approximate surface area is 255 Å². The minimum atomic E-state index is -1.24. The molecule has 3 unspecified atom stereocenters. The molecule has 10 nitrogen and oxygen atoms in total. The number of rotatable bonds is 14. The average molecular weight is 597 g/mol. The number of phenolic OH excluding ortho intramolecular Hbond substituents is 1. The van der Waals surface area contributed by atoms with Crippen molar-refractivity contribution in [3.05, 3.63) is 65.2 Å². The standard InChI is InChI=1S/C33H48N4O6/c1-21(2)16-17-23(4)37(31(41)26(18-19-27(34)38)36-32(42)43-33(5,6)7)28(25-15-11-12-22(3)29(25)39)30(40)35-20-24-13-9-8-10-14-24/h8-15,21,23,26,28,39H,16-20H2,1-7H3,(H2,34,38)(H,35,40)(H,36,42). The molecule has 0 saturated carbocycles. The summed E-state index contributed by atoms with van der Waals surface area (Å²) in [7, 11) is 0. The number of aromatic hydroxyl groups is 1. The van der Waals surface area contributed by atoms with Crippen molar-refractivity contribution in [1.29, 1.82) is 0 Å². The highest BCUT2D eigenvalue weighted by Gasteiger charge is 2.40. The molecule has 0 aliphatic rings. The molecular formula is C33H48N4O6. The van der Waals surface area contributed by atoms with Crippen molar-refractivity contribution in [2.24, 2.45) is 11.7 Å². The molecule has 43 heavy (non-hydrogen) atoms. The molecule has 0 aliphatic heterocycles. The molecule has 0 aromatic heterocycles. The van der Waals surface area contributed by atoms with Gasteiger partial charge in [-0.1, -0.05) is 62.4 Å². The fraction of sp³-hybridized carbons (Fsp3) is 0.515. The Kier molecular flexibility index (Phi) is 13.0. The summed E-state index contributed by atoms with van der Waals surface area (Å²) in [5.41, 5.74) is 6.23. The first-order valence-electron chi connectivity index (χ1n) is 14.8. The third kappa shape index (κ3) is 11.3. The number of nitrogens with two attached hydrogens (primary N) is 1. The Morgan fingerprint density at radius 1 is 0.953 bits per heavy atom. The molecule has 2 aromatic carbocycles. The second kappa shape index (κ2) is 16.0. The molecule has 0 heterocycles. The number of nitrogens with zero attached hydrogens (tertiary/aromatic N) is 1. The van der Waals surface area contributed by atoms with Crippen molar-refractivity contribution in [2.45, 2.75) is 104 Å². The Morgan fingerprint density at radius 3 is 2.19 bits per heavy atom. The minimum absolute atomic E-state index is 0.0982. The van der Waals surface area contributed by atoms with Crippen LogP contribution >= 0.6 is 0 Å². The number of aryl methyl sites for hydroxylation is 1. The lowest BCUT2D eigenvalue weighted by atomic mass is 9.95. The molecule has 4 amide bonds. The Bertz CT molecular complexity index is 1240. The van der Waals surface area contributed by atoms with Crippen molar-refractivity contribution < 1.29 is 29.0 Å². The van der Waals surface area contributed by atoms with Crippen molar-refractivity contribution in [3.8, 4) is 5.75 Å². The topological polar surface area (TPSA) is 151 Å². The predicted molar refractivity (Wildman–Crippen MR) is 166 cm³/mol. The number of benzene rings is 2. The fourth-order valence-corrected chi connectivity index (χ4v) is 4.69. The summed E-state index contributed by atoms with van der Waals surface area (Å²) in [5.74, 6) is -1.52. The number of hydrogen-bond acceptors (Lipinski definition) is 6. The largest absolute Gasteiger partial charge is 0.507 e. The number of carbonyl (C=O) groups is 4. The van der Waals surface area contributed by atoms with Crippen molar-refractivity contribution in [3.63, 3.8) is 0 Å². The number of alkyl carbamates (subject to hydrolysis) is 1. The van der Waals surface area contributed by atoms with Crippen LogP contribution < -0.4 is 16.4 Å². The van der Waals surface area contributed by atoms with Crippen LogP contribution in [-0.4, -0.2) is 51.5 Å². The lowest BCUT2D eigenvalue weighted by molar-refractivity contribution is -0.145. The van der Waals surface area contributed by atoms with Crippen LogP contribution in [0, 0.1) is 12.8 Å². The average Bonchev–Trinajstić information content (AvgIpc) is 2.92. The molecule has 0 aliphatic carbocycles. The maximum absolute atomic E-state index is 14.5. The number of primary amides is 1. The van der Waals surface area contributed by atoms with Crippen LogP contribution in [0.1, 0.15) is 90.0 Å². The summed E-state index contributed by atoms with van der Waals surface area (Å²) >= 11 is 0. The molecule has 2 aromatic rings. The van der Waals surface area contributed by atoms with E-state index in [1.165, 1.54) is 4.90 Å². The molecule has 0 radical (unpaired) electrons. The monoisotopic (exact) mass is 596 g/mol. The maximum Gasteiger partial charge on any atom is 0.408 e. The van der Waals surface area contributed by atoms with E-state index in [0.29, 0.717) is 17.9 Å². The normalized spacial score (nSPS) is 13.5. The summed E-state index contributed by atoms with van der Waals surface area (Å²) in [4.78, 5) is 54.5. The molecule has 5 N–H and O–H groups in total. The molecule has 0 saturated heterocycles. The smallest absolute Gasteiger partial charge is 0.408 e. The van der Waals surface area contributed by atoms with E-state index in [9.17, 15) is 24.3 Å². The Balaban J connectivity index is 2.63. The van der Waals surface area contributed by atoms with Crippen molar-refractivity contribution in [1.82, 2.24) is 15.5 Å². The van der Waals surface area contributed by atoms with Crippen LogP contribution in [0.25, 0.3) is 0 Å². The molecule has 0 fully saturated rings. The number of hydrogen-bond donors (Lipinski definition) is 4. The van der Waals surface area contributed by atoms with E-state index in [0.717, 1.165) is 12.0 Å². The highest BCUT2D eigenvalue weighted by atomic mass is 16.6. The van der Waals surface area contributed by atoms with Gasteiger partial charge in [0.05, 0.1) is 0 Å². The summed E-state index contributed by atoms with van der Waals surface area (Å²) in [5, 5.41) is 16.7. The fourth-order valence-electron chi connectivity index (χ4n) is 4.69. The SMILES string of the molecule is Cc1cccc(C(C(=O)NCc2ccccc2)N(C(=O)C(CCC(N)=O)NC(=O)OC(C)(C)C)C(C)CCC(C)C)c1O. The zero-order valence-corrected chi connectivity index (χ0v) is 26.5. The zero-order valence-electron chi connectivity index (χ0n) is 26.5. The lowest BCUT2D eigenvalue weighted by Crippen LogP contribution is -2.55. The van der Waals surface area contributed by atoms with Gasteiger partial charge in [-0.2, -0.15) is 0 Å². The van der Waals surface area contributed by atoms with Gasteiger partial charge >= 0.3 is 6.09 Å². The van der Waals surface area contributed by atoms with Gasteiger partial charge in [-0.15, -0.1) is 0 Å². The third-order valence-electron chi connectivity index (χ3n) is 6.96. The van der Waals surface area contributed by atoms with Gasteiger partial charge in [0.25, 0.3) is 0 Å². The summed E-state index contributed by atoms with van der Waals surface area (Å²) in [6.45, 7) is 13.0. The van der Waals surface area contributed by atoms with Crippen LogP contribution in [0.15, 0.2) is 48.5 Å². The number of nitrogens with one attached hydrogen (secondary N) is 2. The van der Waals surface area contributed by atoms with Gasteiger partial charge in [-0.05, 0) is 70.9 Å². The van der Waals surface area contributed by atoms with E-state index >= 15 is 0 Å². The molecule has 2 rings (SSSR count). The number of para-hydroxylation sites is 1. The number of carbonyl (C=O) groups excluding carboxylic acids is 4. The molecule has 10 heteroatoms. The van der Waals surface area contributed by atoms with Crippen LogP contribution in [0.3, 0.4) is 0 Å². The number of ether oxygens (including phenoxy) is 1. The number of phenols is 1. The summed E-state index contributed by atoms with van der Waals surface area (Å²) in [6.07, 6.45) is 0.190. The zero-order chi connectivity index (χ0) is 32.3. The first-order valence-corrected chi connectivity index (χ1v) is 14.8. The van der Waals surface area contributed by atoms with Crippen molar-refractivity contribution in [2.75, 3.05) is 0 Å². The van der Waals surface area contributed by atoms with Gasteiger partial charge in [-0.25, -0.2) is 4.79 Å². The Hall–Kier alpha value is -4.08. The lowest BCUT2D eigenvalue weighted by Gasteiger charge is -2.39. The molecule has 0 bridgehead atoms. The van der Waals surface area contributed by atoms with E-state index in [4.69, 9.17) is 10.5 Å². The highest BCUT2D eigenvalue weighted by Crippen LogP contribution is 2.34.